The van der Waals surface area contributed by atoms with Gasteiger partial charge in [0, 0.05) is 16.9 Å². The minimum absolute atomic E-state index is 0.126. The molecule has 1 rings (SSSR count). The minimum Gasteiger partial charge on any atom is -0.481 e. The molecule has 1 N–H and O–H groups in total. The third-order valence-corrected chi connectivity index (χ3v) is 3.13. The van der Waals surface area contributed by atoms with E-state index in [-0.39, 0.29) is 5.56 Å². The van der Waals surface area contributed by atoms with E-state index in [1.54, 1.807) is 23.9 Å². The van der Waals surface area contributed by atoms with Gasteiger partial charge in [-0.2, -0.15) is 0 Å². The average Bonchev–Trinajstić information content (AvgIpc) is 2.28. The van der Waals surface area contributed by atoms with Gasteiger partial charge >= 0.3 is 5.97 Å². The van der Waals surface area contributed by atoms with Crippen LogP contribution >= 0.6 is 11.8 Å². The summed E-state index contributed by atoms with van der Waals surface area (Å²) < 4.78 is 27.1. The summed E-state index contributed by atoms with van der Waals surface area (Å²) in [6, 6.07) is 6.00. The fraction of sp³-hybridized carbons (Fsp3) is 0.417. The summed E-state index contributed by atoms with van der Waals surface area (Å²) in [7, 11) is 0. The molecule has 5 heteroatoms. The lowest BCUT2D eigenvalue weighted by molar-refractivity contribution is -0.139. The van der Waals surface area contributed by atoms with E-state index in [0.717, 1.165) is 10.6 Å². The van der Waals surface area contributed by atoms with Crippen molar-refractivity contribution in [3.05, 3.63) is 29.8 Å². The number of carbonyl (C=O) groups is 1. The quantitative estimate of drug-likeness (QED) is 0.791. The van der Waals surface area contributed by atoms with Gasteiger partial charge in [-0.1, -0.05) is 19.1 Å². The van der Waals surface area contributed by atoms with E-state index in [0.29, 0.717) is 0 Å². The number of carboxylic acid groups (broad SMARTS) is 1. The maximum absolute atomic E-state index is 13.6. The first-order chi connectivity index (χ1) is 7.95. The van der Waals surface area contributed by atoms with Gasteiger partial charge in [0.1, 0.15) is 0 Å². The second kappa shape index (κ2) is 6.00. The molecule has 94 valence electrons. The van der Waals surface area contributed by atoms with Crippen molar-refractivity contribution in [2.24, 2.45) is 0 Å². The van der Waals surface area contributed by atoms with Crippen molar-refractivity contribution in [3.8, 4) is 0 Å². The molecular formula is C12H14F2O2S. The summed E-state index contributed by atoms with van der Waals surface area (Å²) in [6.07, 6.45) is -1.19. The molecule has 0 aliphatic carbocycles. The maximum atomic E-state index is 13.6. The Morgan fingerprint density at radius 3 is 2.41 bits per heavy atom. The molecule has 0 aliphatic rings. The van der Waals surface area contributed by atoms with Gasteiger partial charge in [-0.15, -0.1) is 11.8 Å². The van der Waals surface area contributed by atoms with Gasteiger partial charge in [-0.25, -0.2) is 8.78 Å². The van der Waals surface area contributed by atoms with Crippen LogP contribution in [0.1, 0.15) is 25.3 Å². The van der Waals surface area contributed by atoms with Crippen LogP contribution in [0.25, 0.3) is 0 Å². The van der Waals surface area contributed by atoms with Crippen molar-refractivity contribution in [1.82, 2.24) is 0 Å². The van der Waals surface area contributed by atoms with Gasteiger partial charge in [0.15, 0.2) is 0 Å². The molecule has 2 nitrogen and oxygen atoms in total. The molecule has 0 saturated heterocycles. The zero-order chi connectivity index (χ0) is 12.9. The van der Waals surface area contributed by atoms with Gasteiger partial charge < -0.3 is 5.11 Å². The third-order valence-electron chi connectivity index (χ3n) is 2.24. The van der Waals surface area contributed by atoms with Gasteiger partial charge in [0.2, 0.25) is 0 Å². The molecule has 0 radical (unpaired) electrons. The highest BCUT2D eigenvalue weighted by Gasteiger charge is 2.31. The van der Waals surface area contributed by atoms with Crippen LogP contribution in [0.5, 0.6) is 0 Å². The lowest BCUT2D eigenvalue weighted by Gasteiger charge is -2.15. The number of aliphatic carboxylic acids is 1. The Morgan fingerprint density at radius 1 is 1.35 bits per heavy atom. The highest BCUT2D eigenvalue weighted by molar-refractivity contribution is 7.99. The van der Waals surface area contributed by atoms with Crippen LogP contribution in [0.15, 0.2) is 29.2 Å². The standard InChI is InChI=1S/C12H14F2O2S/c1-2-17-10-5-3-9(4-6-10)12(13,14)8-7-11(15)16/h3-6H,2,7-8H2,1H3,(H,15,16). The molecule has 0 aromatic heterocycles. The number of halogens is 2. The Hall–Kier alpha value is -1.10. The zero-order valence-electron chi connectivity index (χ0n) is 9.45. The molecule has 17 heavy (non-hydrogen) atoms. The first-order valence-electron chi connectivity index (χ1n) is 5.28. The first-order valence-corrected chi connectivity index (χ1v) is 6.27. The molecule has 0 fully saturated rings. The van der Waals surface area contributed by atoms with Crippen LogP contribution < -0.4 is 0 Å². The van der Waals surface area contributed by atoms with Gasteiger partial charge in [0.05, 0.1) is 6.42 Å². The van der Waals surface area contributed by atoms with Crippen molar-refractivity contribution in [2.45, 2.75) is 30.6 Å². The SMILES string of the molecule is CCSc1ccc(C(F)(F)CCC(=O)O)cc1. The Kier molecular flexibility index (Phi) is 4.93. The molecule has 0 atom stereocenters. The Morgan fingerprint density at radius 2 is 1.94 bits per heavy atom. The molecule has 1 aromatic rings. The minimum atomic E-state index is -3.08. The summed E-state index contributed by atoms with van der Waals surface area (Å²) in [5, 5.41) is 8.40. The lowest BCUT2D eigenvalue weighted by Crippen LogP contribution is -2.15. The van der Waals surface area contributed by atoms with Crippen LogP contribution in [0.4, 0.5) is 8.78 Å². The topological polar surface area (TPSA) is 37.3 Å². The lowest BCUT2D eigenvalue weighted by atomic mass is 10.0. The van der Waals surface area contributed by atoms with E-state index in [1.165, 1.54) is 12.1 Å². The van der Waals surface area contributed by atoms with Crippen molar-refractivity contribution in [3.63, 3.8) is 0 Å². The fourth-order valence-corrected chi connectivity index (χ4v) is 2.03. The van der Waals surface area contributed by atoms with Crippen molar-refractivity contribution in [2.75, 3.05) is 5.75 Å². The number of benzene rings is 1. The number of hydrogen-bond donors (Lipinski definition) is 1. The molecule has 0 bridgehead atoms. The number of rotatable bonds is 6. The fourth-order valence-electron chi connectivity index (χ4n) is 1.37. The summed E-state index contributed by atoms with van der Waals surface area (Å²) in [5.41, 5.74) is -0.126. The van der Waals surface area contributed by atoms with E-state index in [4.69, 9.17) is 5.11 Å². The van der Waals surface area contributed by atoms with E-state index < -0.39 is 24.7 Å². The zero-order valence-corrected chi connectivity index (χ0v) is 10.3. The maximum Gasteiger partial charge on any atom is 0.303 e. The number of hydrogen-bond acceptors (Lipinski definition) is 2. The van der Waals surface area contributed by atoms with Gasteiger partial charge in [0.25, 0.3) is 5.92 Å². The highest BCUT2D eigenvalue weighted by Crippen LogP contribution is 2.33. The Labute approximate surface area is 103 Å². The summed E-state index contributed by atoms with van der Waals surface area (Å²) in [6.45, 7) is 1.99. The number of alkyl halides is 2. The largest absolute Gasteiger partial charge is 0.481 e. The first kappa shape index (κ1) is 14.0. The number of carboxylic acids is 1. The van der Waals surface area contributed by atoms with Crippen LogP contribution in [-0.2, 0) is 10.7 Å². The molecular weight excluding hydrogens is 246 g/mol. The van der Waals surface area contributed by atoms with Crippen LogP contribution in [-0.4, -0.2) is 16.8 Å². The predicted octanol–water partition coefficient (Wildman–Crippen LogP) is 3.76. The predicted molar refractivity (Wildman–Crippen MR) is 63.6 cm³/mol. The van der Waals surface area contributed by atoms with Crippen molar-refractivity contribution >= 4 is 17.7 Å². The van der Waals surface area contributed by atoms with Crippen LogP contribution in [0.3, 0.4) is 0 Å². The van der Waals surface area contributed by atoms with Crippen LogP contribution in [0, 0.1) is 0 Å². The molecule has 0 amide bonds. The van der Waals surface area contributed by atoms with Crippen molar-refractivity contribution in [1.29, 1.82) is 0 Å². The Balaban J connectivity index is 2.73. The molecule has 0 spiro atoms. The second-order valence-corrected chi connectivity index (χ2v) is 4.89. The molecule has 0 unspecified atom stereocenters. The van der Waals surface area contributed by atoms with E-state index >= 15 is 0 Å². The molecule has 0 saturated carbocycles. The molecule has 1 aromatic carbocycles. The molecule has 0 heterocycles. The third kappa shape index (κ3) is 4.34. The van der Waals surface area contributed by atoms with E-state index in [2.05, 4.69) is 0 Å². The smallest absolute Gasteiger partial charge is 0.303 e. The summed E-state index contributed by atoms with van der Waals surface area (Å²) in [5.74, 6) is -3.40. The Bertz CT molecular complexity index is 377. The molecule has 0 aliphatic heterocycles. The second-order valence-electron chi connectivity index (χ2n) is 3.56. The highest BCUT2D eigenvalue weighted by atomic mass is 32.2. The van der Waals surface area contributed by atoms with Crippen molar-refractivity contribution < 1.29 is 18.7 Å². The van der Waals surface area contributed by atoms with Gasteiger partial charge in [-0.05, 0) is 17.9 Å². The van der Waals surface area contributed by atoms with E-state index in [9.17, 15) is 13.6 Å². The monoisotopic (exact) mass is 260 g/mol. The van der Waals surface area contributed by atoms with Crippen LogP contribution in [0.2, 0.25) is 0 Å². The summed E-state index contributed by atoms with van der Waals surface area (Å²) in [4.78, 5) is 11.2. The van der Waals surface area contributed by atoms with E-state index in [1.807, 2.05) is 6.92 Å². The average molecular weight is 260 g/mol. The van der Waals surface area contributed by atoms with Gasteiger partial charge in [-0.3, -0.25) is 4.79 Å². The summed E-state index contributed by atoms with van der Waals surface area (Å²) >= 11 is 1.57. The number of thioether (sulfide) groups is 1. The normalized spacial score (nSPS) is 11.5.